The third-order valence-electron chi connectivity index (χ3n) is 4.16. The van der Waals surface area contributed by atoms with Crippen LogP contribution in [0.3, 0.4) is 0 Å². The average Bonchev–Trinajstić information content (AvgIpc) is 3.21. The van der Waals surface area contributed by atoms with E-state index >= 15 is 0 Å². The van der Waals surface area contributed by atoms with Crippen LogP contribution < -0.4 is 20.3 Å². The quantitative estimate of drug-likeness (QED) is 0.586. The molecule has 3 rings (SSSR count). The molecule has 0 aliphatic rings. The maximum atomic E-state index is 12.4. The minimum atomic E-state index is -0.477. The number of nitrogens with zero attached hydrogens (tertiary/aromatic N) is 2. The predicted molar refractivity (Wildman–Crippen MR) is 111 cm³/mol. The number of amides is 2. The van der Waals surface area contributed by atoms with Gasteiger partial charge in [-0.1, -0.05) is 30.3 Å². The molecule has 0 atom stereocenters. The number of hydrogen-bond donors (Lipinski definition) is 2. The summed E-state index contributed by atoms with van der Waals surface area (Å²) in [4.78, 5) is 24.7. The van der Waals surface area contributed by atoms with Crippen LogP contribution in [0.5, 0.6) is 11.5 Å². The van der Waals surface area contributed by atoms with Crippen molar-refractivity contribution in [3.8, 4) is 11.5 Å². The Balaban J connectivity index is 1.59. The maximum absolute atomic E-state index is 12.4. The maximum Gasteiger partial charge on any atom is 0.272 e. The van der Waals surface area contributed by atoms with E-state index in [1.54, 1.807) is 29.1 Å². The molecule has 2 amide bonds. The summed E-state index contributed by atoms with van der Waals surface area (Å²) in [5, 5.41) is 4.19. The van der Waals surface area contributed by atoms with Crippen molar-refractivity contribution < 1.29 is 19.1 Å². The van der Waals surface area contributed by atoms with E-state index in [4.69, 9.17) is 9.47 Å². The molecule has 0 fully saturated rings. The van der Waals surface area contributed by atoms with E-state index in [-0.39, 0.29) is 6.10 Å². The number of hydrazine groups is 1. The van der Waals surface area contributed by atoms with Gasteiger partial charge in [-0.25, -0.2) is 0 Å². The van der Waals surface area contributed by atoms with Crippen molar-refractivity contribution in [2.45, 2.75) is 26.5 Å². The summed E-state index contributed by atoms with van der Waals surface area (Å²) < 4.78 is 12.6. The Bertz CT molecular complexity index is 1010. The first-order valence-electron chi connectivity index (χ1n) is 9.48. The number of ether oxygens (including phenoxy) is 2. The van der Waals surface area contributed by atoms with Gasteiger partial charge in [-0.2, -0.15) is 5.10 Å². The lowest BCUT2D eigenvalue weighted by Gasteiger charge is -2.14. The van der Waals surface area contributed by atoms with Gasteiger partial charge < -0.3 is 9.47 Å². The Morgan fingerprint density at radius 3 is 2.37 bits per heavy atom. The minimum Gasteiger partial charge on any atom is -0.493 e. The second-order valence-corrected chi connectivity index (χ2v) is 6.85. The zero-order chi connectivity index (χ0) is 21.5. The van der Waals surface area contributed by atoms with E-state index in [1.807, 2.05) is 44.2 Å². The number of rotatable bonds is 7. The van der Waals surface area contributed by atoms with Crippen LogP contribution in [0.1, 0.15) is 40.1 Å². The van der Waals surface area contributed by atoms with Crippen LogP contribution in [0, 0.1) is 0 Å². The molecule has 8 nitrogen and oxygen atoms in total. The number of hydrogen-bond acceptors (Lipinski definition) is 5. The molecular formula is C22H24N4O4. The molecule has 0 aliphatic heterocycles. The average molecular weight is 408 g/mol. The third-order valence-corrected chi connectivity index (χ3v) is 4.16. The van der Waals surface area contributed by atoms with Gasteiger partial charge >= 0.3 is 0 Å². The summed E-state index contributed by atoms with van der Waals surface area (Å²) in [6.07, 6.45) is 3.04. The summed E-state index contributed by atoms with van der Waals surface area (Å²) >= 11 is 0. The van der Waals surface area contributed by atoms with E-state index in [0.29, 0.717) is 29.2 Å². The molecule has 8 heteroatoms. The molecule has 2 aromatic carbocycles. The van der Waals surface area contributed by atoms with Gasteiger partial charge in [0.1, 0.15) is 0 Å². The second-order valence-electron chi connectivity index (χ2n) is 6.85. The Morgan fingerprint density at radius 1 is 1.00 bits per heavy atom. The molecule has 2 N–H and O–H groups in total. The normalized spacial score (nSPS) is 10.5. The molecule has 0 saturated carbocycles. The number of methoxy groups -OCH3 is 1. The Kier molecular flexibility index (Phi) is 6.69. The SMILES string of the molecule is COc1cc(C(=O)NNC(=O)c2cnn(Cc3ccccc3)c2)ccc1OC(C)C. The first-order chi connectivity index (χ1) is 14.5. The highest BCUT2D eigenvalue weighted by Gasteiger charge is 2.14. The molecule has 0 radical (unpaired) electrons. The molecule has 156 valence electrons. The largest absolute Gasteiger partial charge is 0.493 e. The summed E-state index contributed by atoms with van der Waals surface area (Å²) in [5.41, 5.74) is 6.52. The lowest BCUT2D eigenvalue weighted by Crippen LogP contribution is -2.41. The van der Waals surface area contributed by atoms with Crippen molar-refractivity contribution in [3.63, 3.8) is 0 Å². The Labute approximate surface area is 174 Å². The molecule has 0 bridgehead atoms. The fourth-order valence-corrected chi connectivity index (χ4v) is 2.76. The number of carbonyl (C=O) groups is 2. The van der Waals surface area contributed by atoms with E-state index in [1.165, 1.54) is 13.3 Å². The van der Waals surface area contributed by atoms with Gasteiger partial charge in [0.05, 0.1) is 31.5 Å². The molecule has 0 unspecified atom stereocenters. The number of nitrogens with one attached hydrogen (secondary N) is 2. The van der Waals surface area contributed by atoms with Crippen LogP contribution >= 0.6 is 0 Å². The summed E-state index contributed by atoms with van der Waals surface area (Å²) in [6, 6.07) is 14.6. The number of benzene rings is 2. The van der Waals surface area contributed by atoms with Crippen LogP contribution in [-0.2, 0) is 6.54 Å². The first kappa shape index (κ1) is 20.9. The Morgan fingerprint density at radius 2 is 1.70 bits per heavy atom. The molecule has 1 heterocycles. The second kappa shape index (κ2) is 9.60. The predicted octanol–water partition coefficient (Wildman–Crippen LogP) is 2.80. The van der Waals surface area contributed by atoms with Crippen LogP contribution in [0.2, 0.25) is 0 Å². The van der Waals surface area contributed by atoms with E-state index in [2.05, 4.69) is 16.0 Å². The van der Waals surface area contributed by atoms with Crippen molar-refractivity contribution in [2.75, 3.05) is 7.11 Å². The highest BCUT2D eigenvalue weighted by Crippen LogP contribution is 2.28. The van der Waals surface area contributed by atoms with Crippen LogP contribution in [-0.4, -0.2) is 34.8 Å². The van der Waals surface area contributed by atoms with Gasteiger partial charge in [0.2, 0.25) is 0 Å². The number of carbonyl (C=O) groups excluding carboxylic acids is 2. The van der Waals surface area contributed by atoms with E-state index in [9.17, 15) is 9.59 Å². The van der Waals surface area contributed by atoms with Gasteiger partial charge in [0, 0.05) is 11.8 Å². The highest BCUT2D eigenvalue weighted by atomic mass is 16.5. The van der Waals surface area contributed by atoms with Gasteiger partial charge in [0.15, 0.2) is 11.5 Å². The summed E-state index contributed by atoms with van der Waals surface area (Å²) in [5.74, 6) is 0.0348. The van der Waals surface area contributed by atoms with Crippen LogP contribution in [0.15, 0.2) is 60.9 Å². The van der Waals surface area contributed by atoms with Gasteiger partial charge in [-0.15, -0.1) is 0 Å². The van der Waals surface area contributed by atoms with E-state index in [0.717, 1.165) is 5.56 Å². The van der Waals surface area contributed by atoms with Gasteiger partial charge in [0.25, 0.3) is 11.8 Å². The molecule has 1 aromatic heterocycles. The summed E-state index contributed by atoms with van der Waals surface area (Å²) in [6.45, 7) is 4.35. The first-order valence-corrected chi connectivity index (χ1v) is 9.48. The number of aromatic nitrogens is 2. The zero-order valence-corrected chi connectivity index (χ0v) is 17.1. The van der Waals surface area contributed by atoms with Crippen molar-refractivity contribution in [3.05, 3.63) is 77.6 Å². The standard InChI is InChI=1S/C22H24N4O4/c1-15(2)30-19-10-9-17(11-20(19)29-3)21(27)24-25-22(28)18-12-23-26(14-18)13-16-7-5-4-6-8-16/h4-12,14-15H,13H2,1-3H3,(H,24,27)(H,25,28). The molecule has 0 spiro atoms. The fourth-order valence-electron chi connectivity index (χ4n) is 2.76. The fraction of sp³-hybridized carbons (Fsp3) is 0.227. The molecule has 3 aromatic rings. The van der Waals surface area contributed by atoms with Crippen molar-refractivity contribution >= 4 is 11.8 Å². The van der Waals surface area contributed by atoms with Crippen molar-refractivity contribution in [1.82, 2.24) is 20.6 Å². The van der Waals surface area contributed by atoms with E-state index < -0.39 is 11.8 Å². The monoisotopic (exact) mass is 408 g/mol. The summed E-state index contributed by atoms with van der Waals surface area (Å²) in [7, 11) is 1.50. The topological polar surface area (TPSA) is 94.5 Å². The van der Waals surface area contributed by atoms with Crippen molar-refractivity contribution in [1.29, 1.82) is 0 Å². The smallest absolute Gasteiger partial charge is 0.272 e. The van der Waals surface area contributed by atoms with Crippen LogP contribution in [0.25, 0.3) is 0 Å². The van der Waals surface area contributed by atoms with Gasteiger partial charge in [-0.05, 0) is 37.6 Å². The zero-order valence-electron chi connectivity index (χ0n) is 17.1. The van der Waals surface area contributed by atoms with Gasteiger partial charge in [-0.3, -0.25) is 25.1 Å². The molecular weight excluding hydrogens is 384 g/mol. The Hall–Kier alpha value is -3.81. The highest BCUT2D eigenvalue weighted by molar-refractivity contribution is 5.99. The lowest BCUT2D eigenvalue weighted by atomic mass is 10.2. The molecule has 0 aliphatic carbocycles. The molecule has 0 saturated heterocycles. The lowest BCUT2D eigenvalue weighted by molar-refractivity contribution is 0.0846. The molecule has 30 heavy (non-hydrogen) atoms. The van der Waals surface area contributed by atoms with Crippen LogP contribution in [0.4, 0.5) is 0 Å². The third kappa shape index (κ3) is 5.38. The minimum absolute atomic E-state index is 0.0272. The van der Waals surface area contributed by atoms with Crippen molar-refractivity contribution in [2.24, 2.45) is 0 Å².